The average molecular weight is 280 g/mol. The van der Waals surface area contributed by atoms with Crippen LogP contribution in [0.2, 0.25) is 0 Å². The normalized spacial score (nSPS) is 19.6. The van der Waals surface area contributed by atoms with Crippen LogP contribution in [0.4, 0.5) is 0 Å². The van der Waals surface area contributed by atoms with Crippen LogP contribution < -0.4 is 4.74 Å². The largest absolute Gasteiger partial charge is 0.496 e. The fourth-order valence-corrected chi connectivity index (χ4v) is 3.51. The van der Waals surface area contributed by atoms with Gasteiger partial charge in [0.1, 0.15) is 5.75 Å². The first-order chi connectivity index (χ1) is 10.3. The molecule has 4 heteroatoms. The highest BCUT2D eigenvalue weighted by atomic mass is 16.5. The van der Waals surface area contributed by atoms with Gasteiger partial charge in [-0.25, -0.2) is 0 Å². The van der Waals surface area contributed by atoms with E-state index in [9.17, 15) is 4.79 Å². The molecule has 0 radical (unpaired) electrons. The van der Waals surface area contributed by atoms with E-state index in [-0.39, 0.29) is 11.9 Å². The molecule has 21 heavy (non-hydrogen) atoms. The van der Waals surface area contributed by atoms with Crippen molar-refractivity contribution in [1.29, 1.82) is 0 Å². The van der Waals surface area contributed by atoms with Gasteiger partial charge in [-0.3, -0.25) is 9.78 Å². The third-order valence-electron chi connectivity index (χ3n) is 4.50. The summed E-state index contributed by atoms with van der Waals surface area (Å²) < 4.78 is 5.47. The van der Waals surface area contributed by atoms with E-state index in [4.69, 9.17) is 4.74 Å². The number of fused-ring (bicyclic) bond motifs is 4. The lowest BCUT2D eigenvalue weighted by molar-refractivity contribution is 0.0627. The van der Waals surface area contributed by atoms with Crippen molar-refractivity contribution in [3.05, 3.63) is 58.9 Å². The lowest BCUT2D eigenvalue weighted by Gasteiger charge is -2.41. The fraction of sp³-hybridized carbons (Fsp3) is 0.294. The molecule has 1 aromatic heterocycles. The lowest BCUT2D eigenvalue weighted by Crippen LogP contribution is -2.44. The summed E-state index contributed by atoms with van der Waals surface area (Å²) >= 11 is 0. The van der Waals surface area contributed by atoms with Gasteiger partial charge in [0.05, 0.1) is 24.4 Å². The van der Waals surface area contributed by atoms with Crippen molar-refractivity contribution in [3.63, 3.8) is 0 Å². The van der Waals surface area contributed by atoms with Gasteiger partial charge in [-0.05, 0) is 30.2 Å². The zero-order valence-electron chi connectivity index (χ0n) is 11.9. The third kappa shape index (κ3) is 1.75. The molecule has 1 aromatic carbocycles. The Hall–Kier alpha value is -2.36. The molecule has 1 unspecified atom stereocenters. The summed E-state index contributed by atoms with van der Waals surface area (Å²) in [4.78, 5) is 19.0. The van der Waals surface area contributed by atoms with Crippen LogP contribution in [0, 0.1) is 0 Å². The van der Waals surface area contributed by atoms with Crippen LogP contribution in [0.25, 0.3) is 0 Å². The Morgan fingerprint density at radius 3 is 3.05 bits per heavy atom. The van der Waals surface area contributed by atoms with Gasteiger partial charge >= 0.3 is 0 Å². The van der Waals surface area contributed by atoms with Crippen molar-refractivity contribution in [3.8, 4) is 5.75 Å². The second-order valence-corrected chi connectivity index (χ2v) is 5.49. The molecule has 106 valence electrons. The van der Waals surface area contributed by atoms with Gasteiger partial charge in [-0.1, -0.05) is 12.1 Å². The quantitative estimate of drug-likeness (QED) is 0.805. The second kappa shape index (κ2) is 4.58. The molecule has 2 aromatic rings. The topological polar surface area (TPSA) is 42.4 Å². The molecule has 1 atom stereocenters. The Labute approximate surface area is 123 Å². The van der Waals surface area contributed by atoms with Crippen molar-refractivity contribution in [2.45, 2.75) is 18.9 Å². The van der Waals surface area contributed by atoms with Crippen molar-refractivity contribution in [2.75, 3.05) is 13.7 Å². The van der Waals surface area contributed by atoms with Gasteiger partial charge in [0.15, 0.2) is 0 Å². The van der Waals surface area contributed by atoms with Crippen LogP contribution in [0.1, 0.15) is 33.2 Å². The number of carbonyl (C=O) groups is 1. The highest BCUT2D eigenvalue weighted by molar-refractivity contribution is 5.96. The van der Waals surface area contributed by atoms with Crippen LogP contribution in [0.15, 0.2) is 36.5 Å². The van der Waals surface area contributed by atoms with Gasteiger partial charge in [0, 0.05) is 24.7 Å². The highest BCUT2D eigenvalue weighted by Gasteiger charge is 2.37. The van der Waals surface area contributed by atoms with E-state index in [0.29, 0.717) is 0 Å². The number of ether oxygens (including phenoxy) is 1. The number of hydrogen-bond donors (Lipinski definition) is 0. The first-order valence-corrected chi connectivity index (χ1v) is 7.20. The highest BCUT2D eigenvalue weighted by Crippen LogP contribution is 2.40. The average Bonchev–Trinajstić information content (AvgIpc) is 2.54. The summed E-state index contributed by atoms with van der Waals surface area (Å²) in [7, 11) is 1.70. The monoisotopic (exact) mass is 280 g/mol. The molecule has 0 bridgehead atoms. The Kier molecular flexibility index (Phi) is 2.70. The number of aromatic nitrogens is 1. The SMILES string of the molecule is COc1cccc2c1CCN1C(=O)c3cccnc3CC21. The van der Waals surface area contributed by atoms with Gasteiger partial charge in [-0.15, -0.1) is 0 Å². The number of rotatable bonds is 1. The molecule has 0 spiro atoms. The number of hydrogen-bond acceptors (Lipinski definition) is 3. The number of benzene rings is 1. The first-order valence-electron chi connectivity index (χ1n) is 7.20. The van der Waals surface area contributed by atoms with Gasteiger partial charge < -0.3 is 9.64 Å². The second-order valence-electron chi connectivity index (χ2n) is 5.49. The summed E-state index contributed by atoms with van der Waals surface area (Å²) in [5.41, 5.74) is 4.08. The molecular formula is C17H16N2O2. The maximum absolute atomic E-state index is 12.7. The van der Waals surface area contributed by atoms with Crippen LogP contribution in [-0.4, -0.2) is 29.4 Å². The Morgan fingerprint density at radius 1 is 1.29 bits per heavy atom. The molecule has 0 fully saturated rings. The minimum atomic E-state index is 0.0822. The van der Waals surface area contributed by atoms with Crippen molar-refractivity contribution < 1.29 is 9.53 Å². The summed E-state index contributed by atoms with van der Waals surface area (Å²) in [6, 6.07) is 9.89. The van der Waals surface area contributed by atoms with E-state index >= 15 is 0 Å². The third-order valence-corrected chi connectivity index (χ3v) is 4.50. The molecule has 1 amide bonds. The first kappa shape index (κ1) is 12.4. The molecule has 4 nitrogen and oxygen atoms in total. The summed E-state index contributed by atoms with van der Waals surface area (Å²) in [5.74, 6) is 1.02. The Bertz CT molecular complexity index is 726. The van der Waals surface area contributed by atoms with Crippen molar-refractivity contribution in [2.24, 2.45) is 0 Å². The summed E-state index contributed by atoms with van der Waals surface area (Å²) in [5, 5.41) is 0. The summed E-state index contributed by atoms with van der Waals surface area (Å²) in [6.07, 6.45) is 3.39. The molecule has 2 aliphatic heterocycles. The van der Waals surface area contributed by atoms with E-state index in [1.807, 2.05) is 29.2 Å². The van der Waals surface area contributed by atoms with E-state index in [2.05, 4.69) is 11.1 Å². The standard InChI is InChI=1S/C17H16N2O2/c1-21-16-6-2-4-11-12(16)7-9-19-15(11)10-14-13(17(19)20)5-3-8-18-14/h2-6,8,15H,7,9-10H2,1H3. The predicted molar refractivity (Wildman–Crippen MR) is 78.4 cm³/mol. The van der Waals surface area contributed by atoms with Gasteiger partial charge in [-0.2, -0.15) is 0 Å². The Balaban J connectivity index is 1.84. The minimum absolute atomic E-state index is 0.0822. The summed E-state index contributed by atoms with van der Waals surface area (Å²) in [6.45, 7) is 0.741. The lowest BCUT2D eigenvalue weighted by atomic mass is 9.85. The molecular weight excluding hydrogens is 264 g/mol. The molecule has 0 N–H and O–H groups in total. The number of pyridine rings is 1. The minimum Gasteiger partial charge on any atom is -0.496 e. The fourth-order valence-electron chi connectivity index (χ4n) is 3.51. The predicted octanol–water partition coefficient (Wildman–Crippen LogP) is 2.39. The maximum atomic E-state index is 12.7. The van der Waals surface area contributed by atoms with E-state index in [1.165, 1.54) is 11.1 Å². The number of carbonyl (C=O) groups excluding carboxylic acids is 1. The maximum Gasteiger partial charge on any atom is 0.256 e. The number of methoxy groups -OCH3 is 1. The molecule has 3 heterocycles. The molecule has 4 rings (SSSR count). The smallest absolute Gasteiger partial charge is 0.256 e. The zero-order chi connectivity index (χ0) is 14.4. The van der Waals surface area contributed by atoms with Crippen LogP contribution in [-0.2, 0) is 12.8 Å². The van der Waals surface area contributed by atoms with E-state index in [1.54, 1.807) is 13.3 Å². The number of amides is 1. The molecule has 0 saturated carbocycles. The molecule has 0 aliphatic carbocycles. The van der Waals surface area contributed by atoms with E-state index in [0.717, 1.165) is 36.4 Å². The van der Waals surface area contributed by atoms with Gasteiger partial charge in [0.2, 0.25) is 0 Å². The van der Waals surface area contributed by atoms with E-state index < -0.39 is 0 Å². The van der Waals surface area contributed by atoms with Gasteiger partial charge in [0.25, 0.3) is 5.91 Å². The molecule has 2 aliphatic rings. The van der Waals surface area contributed by atoms with Crippen LogP contribution in [0.5, 0.6) is 5.75 Å². The van der Waals surface area contributed by atoms with Crippen LogP contribution in [0.3, 0.4) is 0 Å². The van der Waals surface area contributed by atoms with Crippen LogP contribution >= 0.6 is 0 Å². The number of nitrogens with zero attached hydrogens (tertiary/aromatic N) is 2. The Morgan fingerprint density at radius 2 is 2.19 bits per heavy atom. The van der Waals surface area contributed by atoms with Crippen molar-refractivity contribution >= 4 is 5.91 Å². The van der Waals surface area contributed by atoms with Crippen molar-refractivity contribution in [1.82, 2.24) is 9.88 Å². The molecule has 0 saturated heterocycles. The zero-order valence-corrected chi connectivity index (χ0v) is 11.9.